The monoisotopic (exact) mass is 564 g/mol. The first-order chi connectivity index (χ1) is 18.9. The Hall–Kier alpha value is -1.67. The van der Waals surface area contributed by atoms with Gasteiger partial charge in [0, 0.05) is 22.9 Å². The van der Waals surface area contributed by atoms with Gasteiger partial charge in [-0.05, 0) is 51.9 Å². The van der Waals surface area contributed by atoms with Crippen LogP contribution in [-0.4, -0.2) is 53.5 Å². The van der Waals surface area contributed by atoms with Crippen molar-refractivity contribution in [2.24, 2.45) is 16.7 Å². The smallest absolute Gasteiger partial charge is 0.305 e. The maximum absolute atomic E-state index is 13.7. The number of rotatable bonds is 15. The molecule has 40 heavy (non-hydrogen) atoms. The second-order valence-corrected chi connectivity index (χ2v) is 13.9. The van der Waals surface area contributed by atoms with Gasteiger partial charge in [-0.1, -0.05) is 85.0 Å². The molecule has 1 saturated heterocycles. The van der Waals surface area contributed by atoms with Crippen LogP contribution in [0.25, 0.3) is 0 Å². The number of carbonyl (C=O) groups is 3. The van der Waals surface area contributed by atoms with Crippen molar-refractivity contribution < 1.29 is 29.0 Å². The first kappa shape index (κ1) is 32.8. The second kappa shape index (κ2) is 14.5. The molecule has 0 radical (unpaired) electrons. The Balaban J connectivity index is 1.65. The van der Waals surface area contributed by atoms with Gasteiger partial charge >= 0.3 is 5.97 Å². The van der Waals surface area contributed by atoms with Gasteiger partial charge in [0.05, 0.1) is 13.0 Å². The van der Waals surface area contributed by atoms with Crippen LogP contribution in [0.3, 0.4) is 0 Å². The Morgan fingerprint density at radius 2 is 1.57 bits per heavy atom. The maximum Gasteiger partial charge on any atom is 0.305 e. The number of carbonyl (C=O) groups excluding carboxylic acids is 2. The van der Waals surface area contributed by atoms with Crippen molar-refractivity contribution >= 4 is 17.8 Å². The second-order valence-electron chi connectivity index (χ2n) is 13.9. The van der Waals surface area contributed by atoms with E-state index in [0.29, 0.717) is 6.61 Å². The minimum Gasteiger partial charge on any atom is -0.481 e. The van der Waals surface area contributed by atoms with E-state index in [1.54, 1.807) is 13.8 Å². The summed E-state index contributed by atoms with van der Waals surface area (Å²) >= 11 is 0. The van der Waals surface area contributed by atoms with Gasteiger partial charge in [-0.3, -0.25) is 14.4 Å². The van der Waals surface area contributed by atoms with Gasteiger partial charge in [-0.2, -0.15) is 0 Å². The molecular weight excluding hydrogens is 508 g/mol. The van der Waals surface area contributed by atoms with E-state index in [0.717, 1.165) is 57.8 Å². The Bertz CT molecular complexity index is 852. The molecule has 8 nitrogen and oxygen atoms in total. The van der Waals surface area contributed by atoms with Crippen LogP contribution >= 0.6 is 0 Å². The van der Waals surface area contributed by atoms with Crippen LogP contribution < -0.4 is 10.6 Å². The zero-order valence-corrected chi connectivity index (χ0v) is 25.8. The predicted molar refractivity (Wildman–Crippen MR) is 156 cm³/mol. The van der Waals surface area contributed by atoms with E-state index in [4.69, 9.17) is 9.47 Å². The van der Waals surface area contributed by atoms with E-state index < -0.39 is 29.3 Å². The lowest BCUT2D eigenvalue weighted by Crippen LogP contribution is -2.60. The summed E-state index contributed by atoms with van der Waals surface area (Å²) in [6.45, 7) is 10.0. The van der Waals surface area contributed by atoms with E-state index in [9.17, 15) is 19.5 Å². The van der Waals surface area contributed by atoms with Crippen molar-refractivity contribution in [2.75, 3.05) is 6.61 Å². The third-order valence-electron chi connectivity index (χ3n) is 9.57. The van der Waals surface area contributed by atoms with Crippen molar-refractivity contribution in [2.45, 2.75) is 161 Å². The number of ether oxygens (including phenoxy) is 2. The topological polar surface area (TPSA) is 114 Å². The molecule has 8 heteroatoms. The molecular formula is C32H56N2O6. The van der Waals surface area contributed by atoms with Gasteiger partial charge in [0.15, 0.2) is 5.79 Å². The van der Waals surface area contributed by atoms with Gasteiger partial charge in [-0.25, -0.2) is 0 Å². The van der Waals surface area contributed by atoms with E-state index in [1.165, 1.54) is 38.5 Å². The number of nitrogens with one attached hydrogen (secondary N) is 2. The number of carboxylic acid groups (broad SMARTS) is 1. The predicted octanol–water partition coefficient (Wildman–Crippen LogP) is 6.11. The van der Waals surface area contributed by atoms with Crippen LogP contribution in [0, 0.1) is 16.7 Å². The molecule has 4 atom stereocenters. The Morgan fingerprint density at radius 3 is 2.20 bits per heavy atom. The maximum atomic E-state index is 13.7. The van der Waals surface area contributed by atoms with E-state index in [2.05, 4.69) is 17.6 Å². The molecule has 0 bridgehead atoms. The Kier molecular flexibility index (Phi) is 11.9. The third kappa shape index (κ3) is 8.91. The summed E-state index contributed by atoms with van der Waals surface area (Å²) in [7, 11) is 0. The lowest BCUT2D eigenvalue weighted by atomic mass is 9.64. The fraction of sp³-hybridized carbons (Fsp3) is 0.906. The highest BCUT2D eigenvalue weighted by Crippen LogP contribution is 2.46. The highest BCUT2D eigenvalue weighted by atomic mass is 16.7. The molecule has 1 heterocycles. The van der Waals surface area contributed by atoms with Gasteiger partial charge in [0.25, 0.3) is 0 Å². The number of hydrogen-bond donors (Lipinski definition) is 3. The molecule has 0 aromatic heterocycles. The summed E-state index contributed by atoms with van der Waals surface area (Å²) in [6, 6.07) is -0.723. The molecule has 2 amide bonds. The zero-order valence-electron chi connectivity index (χ0n) is 25.8. The minimum absolute atomic E-state index is 0.135. The average Bonchev–Trinajstić information content (AvgIpc) is 2.86. The fourth-order valence-electron chi connectivity index (χ4n) is 6.83. The molecule has 4 unspecified atom stereocenters. The average molecular weight is 565 g/mol. The molecule has 230 valence electrons. The Labute approximate surface area is 242 Å². The zero-order chi connectivity index (χ0) is 29.4. The van der Waals surface area contributed by atoms with Gasteiger partial charge in [0.1, 0.15) is 6.10 Å². The van der Waals surface area contributed by atoms with Crippen molar-refractivity contribution in [3.05, 3.63) is 0 Å². The van der Waals surface area contributed by atoms with Gasteiger partial charge in [-0.15, -0.1) is 0 Å². The van der Waals surface area contributed by atoms with Crippen LogP contribution in [0.4, 0.5) is 0 Å². The third-order valence-corrected chi connectivity index (χ3v) is 9.57. The molecule has 1 aliphatic heterocycles. The highest BCUT2D eigenvalue weighted by Gasteiger charge is 2.48. The molecule has 3 N–H and O–H groups in total. The summed E-state index contributed by atoms with van der Waals surface area (Å²) < 4.78 is 11.8. The Morgan fingerprint density at radius 1 is 0.925 bits per heavy atom. The van der Waals surface area contributed by atoms with Crippen LogP contribution in [0.15, 0.2) is 0 Å². The number of carboxylic acids is 1. The van der Waals surface area contributed by atoms with Crippen LogP contribution in [0.2, 0.25) is 0 Å². The van der Waals surface area contributed by atoms with Crippen molar-refractivity contribution in [3.63, 3.8) is 0 Å². The van der Waals surface area contributed by atoms with Crippen molar-refractivity contribution in [3.8, 4) is 0 Å². The fourth-order valence-corrected chi connectivity index (χ4v) is 6.83. The SMILES string of the molecule is CCCCCCCCCC1(C(=O)NC2CCCCC2C(CC(=O)O)NC(=O)C2OC(C)(C)OCC2(C)C)CCC1. The summed E-state index contributed by atoms with van der Waals surface area (Å²) in [5, 5.41) is 16.2. The van der Waals surface area contributed by atoms with Gasteiger partial charge < -0.3 is 25.2 Å². The molecule has 2 saturated carbocycles. The van der Waals surface area contributed by atoms with Gasteiger partial charge in [0.2, 0.25) is 11.8 Å². The molecule has 2 aliphatic carbocycles. The standard InChI is InChI=1S/C32H56N2O6/c1-6-7-8-9-10-11-14-18-32(19-15-20-32)29(38)34-24-17-13-12-16-23(24)25(21-26(35)36)33-28(37)27-30(2,3)22-39-31(4,5)40-27/h23-25,27H,6-22H2,1-5H3,(H,33,37)(H,34,38)(H,35,36). The van der Waals surface area contributed by atoms with Crippen molar-refractivity contribution in [1.82, 2.24) is 10.6 Å². The summed E-state index contributed by atoms with van der Waals surface area (Å²) in [4.78, 5) is 39.1. The number of amides is 2. The van der Waals surface area contributed by atoms with E-state index in [-0.39, 0.29) is 35.6 Å². The largest absolute Gasteiger partial charge is 0.481 e. The minimum atomic E-state index is -0.956. The van der Waals surface area contributed by atoms with Crippen molar-refractivity contribution in [1.29, 1.82) is 0 Å². The number of unbranched alkanes of at least 4 members (excludes halogenated alkanes) is 6. The lowest BCUT2D eigenvalue weighted by Gasteiger charge is -2.46. The van der Waals surface area contributed by atoms with E-state index in [1.807, 2.05) is 13.8 Å². The first-order valence-corrected chi connectivity index (χ1v) is 16.0. The number of hydrogen-bond acceptors (Lipinski definition) is 5. The van der Waals surface area contributed by atoms with Crippen LogP contribution in [0.5, 0.6) is 0 Å². The molecule has 0 aromatic carbocycles. The normalized spacial score (nSPS) is 27.7. The van der Waals surface area contributed by atoms with Crippen LogP contribution in [0.1, 0.15) is 137 Å². The first-order valence-electron chi connectivity index (χ1n) is 16.0. The summed E-state index contributed by atoms with van der Waals surface area (Å²) in [5.74, 6) is -2.16. The van der Waals surface area contributed by atoms with Crippen LogP contribution in [-0.2, 0) is 23.9 Å². The quantitative estimate of drug-likeness (QED) is 0.207. The molecule has 3 aliphatic rings. The summed E-state index contributed by atoms with van der Waals surface area (Å²) in [6.07, 6.45) is 15.1. The number of aliphatic carboxylic acids is 1. The molecule has 3 fully saturated rings. The van der Waals surface area contributed by atoms with E-state index >= 15 is 0 Å². The molecule has 0 spiro atoms. The summed E-state index contributed by atoms with van der Waals surface area (Å²) in [5.41, 5.74) is -0.831. The molecule has 0 aromatic rings. The molecule has 3 rings (SSSR count). The highest BCUT2D eigenvalue weighted by molar-refractivity contribution is 5.84. The lowest BCUT2D eigenvalue weighted by molar-refractivity contribution is -0.304.